The van der Waals surface area contributed by atoms with Crippen molar-refractivity contribution in [1.82, 2.24) is 0 Å². The third kappa shape index (κ3) is 5.71. The fraction of sp³-hybridized carbons (Fsp3) is 0.130. The predicted molar refractivity (Wildman–Crippen MR) is 109 cm³/mol. The summed E-state index contributed by atoms with van der Waals surface area (Å²) in [5.41, 5.74) is 5.27. The molecule has 3 rings (SSSR count). The molecule has 0 amide bonds. The molecule has 0 spiro atoms. The highest BCUT2D eigenvalue weighted by Crippen LogP contribution is 2.24. The molecule has 0 aromatic heterocycles. The van der Waals surface area contributed by atoms with Gasteiger partial charge in [0, 0.05) is 0 Å². The molecule has 3 aromatic carbocycles. The topological polar surface area (TPSA) is 68.1 Å². The van der Waals surface area contributed by atoms with Crippen LogP contribution in [0.25, 0.3) is 11.1 Å². The maximum absolute atomic E-state index is 10.4. The molecule has 3 aromatic rings. The second kappa shape index (κ2) is 9.37. The Kier molecular flexibility index (Phi) is 6.41. The lowest BCUT2D eigenvalue weighted by Crippen LogP contribution is -2.03. The van der Waals surface area contributed by atoms with Crippen LogP contribution in [0.4, 0.5) is 0 Å². The van der Waals surface area contributed by atoms with Gasteiger partial charge >= 0.3 is 5.97 Å². The number of carbonyl (C=O) groups is 1. The van der Waals surface area contributed by atoms with Gasteiger partial charge in [-0.25, -0.2) is 4.79 Å². The summed E-state index contributed by atoms with van der Waals surface area (Å²) in [6.45, 7) is 2.13. The average Bonchev–Trinajstić information content (AvgIpc) is 2.71. The number of carboxylic acids is 1. The van der Waals surface area contributed by atoms with Crippen LogP contribution in [0.2, 0.25) is 0 Å². The summed E-state index contributed by atoms with van der Waals surface area (Å²) in [4.78, 5) is 15.0. The number of ether oxygens (including phenoxy) is 1. The number of aliphatic carboxylic acids is 1. The minimum atomic E-state index is -1.06. The number of rotatable bonds is 8. The molecule has 28 heavy (non-hydrogen) atoms. The van der Waals surface area contributed by atoms with E-state index in [-0.39, 0.29) is 0 Å². The van der Waals surface area contributed by atoms with Gasteiger partial charge in [-0.3, -0.25) is 0 Å². The quantitative estimate of drug-likeness (QED) is 0.459. The fourth-order valence-electron chi connectivity index (χ4n) is 2.57. The second-order valence-corrected chi connectivity index (χ2v) is 6.33. The van der Waals surface area contributed by atoms with Gasteiger partial charge < -0.3 is 14.7 Å². The van der Waals surface area contributed by atoms with E-state index in [1.807, 2.05) is 48.5 Å². The van der Waals surface area contributed by atoms with Crippen LogP contribution in [0.1, 0.15) is 16.7 Å². The Labute approximate surface area is 163 Å². The van der Waals surface area contributed by atoms with E-state index in [4.69, 9.17) is 9.84 Å². The summed E-state index contributed by atoms with van der Waals surface area (Å²) in [5, 5.41) is 12.1. The average molecular weight is 375 g/mol. The van der Waals surface area contributed by atoms with E-state index in [9.17, 15) is 4.79 Å². The van der Waals surface area contributed by atoms with Gasteiger partial charge in [0.15, 0.2) is 0 Å². The van der Waals surface area contributed by atoms with Crippen LogP contribution in [-0.2, 0) is 16.2 Å². The number of oxime groups is 1. The van der Waals surface area contributed by atoms with E-state index in [0.717, 1.165) is 28.0 Å². The molecule has 0 saturated carbocycles. The van der Waals surface area contributed by atoms with E-state index in [1.54, 1.807) is 0 Å². The Balaban J connectivity index is 1.62. The number of aryl methyl sites for hydroxylation is 1. The first-order chi connectivity index (χ1) is 13.6. The smallest absolute Gasteiger partial charge is 0.344 e. The van der Waals surface area contributed by atoms with E-state index >= 15 is 0 Å². The molecule has 0 aliphatic carbocycles. The van der Waals surface area contributed by atoms with Crippen LogP contribution in [0, 0.1) is 6.92 Å². The normalized spacial score (nSPS) is 10.8. The number of hydrogen-bond acceptors (Lipinski definition) is 4. The largest absolute Gasteiger partial charge is 0.489 e. The van der Waals surface area contributed by atoms with Crippen LogP contribution in [-0.4, -0.2) is 23.9 Å². The zero-order chi connectivity index (χ0) is 19.8. The number of carboxylic acid groups (broad SMARTS) is 1. The van der Waals surface area contributed by atoms with Crippen molar-refractivity contribution in [3.8, 4) is 16.9 Å². The van der Waals surface area contributed by atoms with Crippen LogP contribution >= 0.6 is 0 Å². The van der Waals surface area contributed by atoms with Crippen molar-refractivity contribution in [2.45, 2.75) is 13.5 Å². The summed E-state index contributed by atoms with van der Waals surface area (Å²) < 4.78 is 5.92. The highest BCUT2D eigenvalue weighted by molar-refractivity contribution is 5.80. The molecular weight excluding hydrogens is 354 g/mol. The molecule has 5 heteroatoms. The van der Waals surface area contributed by atoms with Gasteiger partial charge in [-0.1, -0.05) is 71.4 Å². The lowest BCUT2D eigenvalue weighted by molar-refractivity contribution is -0.142. The van der Waals surface area contributed by atoms with Crippen LogP contribution < -0.4 is 4.74 Å². The van der Waals surface area contributed by atoms with Crippen molar-refractivity contribution in [3.05, 3.63) is 89.5 Å². The minimum absolute atomic E-state index is 0.454. The molecule has 0 heterocycles. The lowest BCUT2D eigenvalue weighted by atomic mass is 10.0. The third-order valence-corrected chi connectivity index (χ3v) is 4.07. The summed E-state index contributed by atoms with van der Waals surface area (Å²) in [6, 6.07) is 24.0. The first-order valence-corrected chi connectivity index (χ1v) is 8.86. The van der Waals surface area contributed by atoms with E-state index in [2.05, 4.69) is 41.2 Å². The van der Waals surface area contributed by atoms with Crippen molar-refractivity contribution < 1.29 is 19.5 Å². The van der Waals surface area contributed by atoms with Crippen LogP contribution in [0.15, 0.2) is 78.0 Å². The van der Waals surface area contributed by atoms with Gasteiger partial charge in [-0.15, -0.1) is 0 Å². The molecule has 0 atom stereocenters. The van der Waals surface area contributed by atoms with Crippen molar-refractivity contribution in [2.24, 2.45) is 5.16 Å². The monoisotopic (exact) mass is 375 g/mol. The molecule has 0 fully saturated rings. The maximum atomic E-state index is 10.4. The van der Waals surface area contributed by atoms with E-state index in [1.165, 1.54) is 11.8 Å². The predicted octanol–water partition coefficient (Wildman–Crippen LogP) is 4.68. The van der Waals surface area contributed by atoms with Gasteiger partial charge in [0.05, 0.1) is 6.21 Å². The lowest BCUT2D eigenvalue weighted by Gasteiger charge is -2.09. The van der Waals surface area contributed by atoms with Crippen molar-refractivity contribution in [1.29, 1.82) is 0 Å². The summed E-state index contributed by atoms with van der Waals surface area (Å²) >= 11 is 0. The van der Waals surface area contributed by atoms with E-state index < -0.39 is 12.6 Å². The van der Waals surface area contributed by atoms with Gasteiger partial charge in [0.1, 0.15) is 12.4 Å². The van der Waals surface area contributed by atoms with Gasteiger partial charge in [0.25, 0.3) is 0 Å². The Morgan fingerprint density at radius 3 is 2.46 bits per heavy atom. The maximum Gasteiger partial charge on any atom is 0.344 e. The molecule has 1 N–H and O–H groups in total. The van der Waals surface area contributed by atoms with Crippen LogP contribution in [0.5, 0.6) is 5.75 Å². The molecule has 0 saturated heterocycles. The van der Waals surface area contributed by atoms with Crippen molar-refractivity contribution >= 4 is 12.2 Å². The van der Waals surface area contributed by atoms with Crippen molar-refractivity contribution in [2.75, 3.05) is 6.61 Å². The molecule has 0 aliphatic heterocycles. The fourth-order valence-corrected chi connectivity index (χ4v) is 2.57. The molecule has 0 aliphatic rings. The first kappa shape index (κ1) is 19.2. The molecule has 142 valence electrons. The summed E-state index contributed by atoms with van der Waals surface area (Å²) in [6.07, 6.45) is 1.48. The summed E-state index contributed by atoms with van der Waals surface area (Å²) in [5.74, 6) is -0.247. The Hall–Kier alpha value is -3.60. The zero-order valence-electron chi connectivity index (χ0n) is 15.5. The Bertz CT molecular complexity index is 947. The minimum Gasteiger partial charge on any atom is -0.489 e. The van der Waals surface area contributed by atoms with Crippen LogP contribution in [0.3, 0.4) is 0 Å². The number of benzene rings is 3. The second-order valence-electron chi connectivity index (χ2n) is 6.33. The Morgan fingerprint density at radius 1 is 1.00 bits per heavy atom. The SMILES string of the molecule is Cc1ccc(COc2cccc(-c3ccc(/C=N/OCC(=O)O)cc3)c2)cc1. The zero-order valence-corrected chi connectivity index (χ0v) is 15.5. The first-order valence-electron chi connectivity index (χ1n) is 8.86. The molecular formula is C23H21NO4. The standard InChI is InChI=1S/C23H21NO4/c1-17-5-7-19(8-6-17)15-27-22-4-2-3-21(13-22)20-11-9-18(10-12-20)14-24-28-16-23(25)26/h2-14H,15-16H2,1H3,(H,25,26)/b24-14+. The number of nitrogens with zero attached hydrogens (tertiary/aromatic N) is 1. The molecule has 0 bridgehead atoms. The number of hydrogen-bond donors (Lipinski definition) is 1. The third-order valence-electron chi connectivity index (χ3n) is 4.07. The molecule has 0 unspecified atom stereocenters. The molecule has 5 nitrogen and oxygen atoms in total. The van der Waals surface area contributed by atoms with Crippen molar-refractivity contribution in [3.63, 3.8) is 0 Å². The highest BCUT2D eigenvalue weighted by atomic mass is 16.6. The molecule has 0 radical (unpaired) electrons. The highest BCUT2D eigenvalue weighted by Gasteiger charge is 2.02. The van der Waals surface area contributed by atoms with Gasteiger partial charge in [-0.05, 0) is 41.3 Å². The van der Waals surface area contributed by atoms with E-state index in [0.29, 0.717) is 6.61 Å². The Morgan fingerprint density at radius 2 is 1.75 bits per heavy atom. The summed E-state index contributed by atoms with van der Waals surface area (Å²) in [7, 11) is 0. The van der Waals surface area contributed by atoms with Gasteiger partial charge in [-0.2, -0.15) is 0 Å². The van der Waals surface area contributed by atoms with Gasteiger partial charge in [0.2, 0.25) is 6.61 Å².